The summed E-state index contributed by atoms with van der Waals surface area (Å²) >= 11 is 0.900. The third kappa shape index (κ3) is 9.28. The minimum Gasteiger partial charge on any atom is -0.444 e. The van der Waals surface area contributed by atoms with Crippen molar-refractivity contribution in [1.29, 1.82) is 5.41 Å². The highest BCUT2D eigenvalue weighted by Gasteiger charge is 2.28. The molecule has 0 spiro atoms. The minimum absolute atomic E-state index is 0.0536. The zero-order chi connectivity index (χ0) is 22.4. The van der Waals surface area contributed by atoms with Crippen molar-refractivity contribution in [3.63, 3.8) is 0 Å². The number of hydrogen-bond acceptors (Lipinski definition) is 8. The van der Waals surface area contributed by atoms with E-state index in [-0.39, 0.29) is 11.4 Å². The van der Waals surface area contributed by atoms with Crippen LogP contribution in [-0.2, 0) is 15.2 Å². The Morgan fingerprint density at radius 3 is 2.07 bits per heavy atom. The highest BCUT2D eigenvalue weighted by Crippen LogP contribution is 2.22. The maximum absolute atomic E-state index is 12.5. The molecule has 0 atom stereocenters. The fourth-order valence-corrected chi connectivity index (χ4v) is 2.60. The van der Waals surface area contributed by atoms with Crippen molar-refractivity contribution < 1.29 is 24.0 Å². The van der Waals surface area contributed by atoms with Crippen LogP contribution in [0.25, 0.3) is 0 Å². The van der Waals surface area contributed by atoms with Crippen LogP contribution in [-0.4, -0.2) is 38.6 Å². The van der Waals surface area contributed by atoms with Crippen LogP contribution in [0.1, 0.15) is 47.1 Å². The Morgan fingerprint density at radius 2 is 1.62 bits per heavy atom. The molecule has 160 valence electrons. The van der Waals surface area contributed by atoms with Gasteiger partial charge in [-0.05, 0) is 59.1 Å². The van der Waals surface area contributed by atoms with E-state index in [1.54, 1.807) is 53.7 Å². The molecular weight excluding hydrogens is 400 g/mol. The van der Waals surface area contributed by atoms with Gasteiger partial charge < -0.3 is 9.47 Å². The number of carbonyl (C=O) groups is 2. The van der Waals surface area contributed by atoms with Gasteiger partial charge in [0.15, 0.2) is 0 Å². The number of rotatable bonds is 4. The average molecular weight is 426 g/mol. The summed E-state index contributed by atoms with van der Waals surface area (Å²) in [6.45, 7) is 10.0. The topological polar surface area (TPSA) is 135 Å². The lowest BCUT2D eigenvalue weighted by Crippen LogP contribution is -2.46. The van der Waals surface area contributed by atoms with Crippen molar-refractivity contribution in [3.05, 3.63) is 39.9 Å². The number of guanidine groups is 1. The van der Waals surface area contributed by atoms with Gasteiger partial charge in [0.25, 0.3) is 5.69 Å². The Morgan fingerprint density at radius 1 is 1.10 bits per heavy atom. The van der Waals surface area contributed by atoms with Crippen molar-refractivity contribution in [3.8, 4) is 0 Å². The number of hydrogen-bond donors (Lipinski definition) is 2. The second-order valence-electron chi connectivity index (χ2n) is 7.95. The largest absolute Gasteiger partial charge is 0.444 e. The van der Waals surface area contributed by atoms with Crippen molar-refractivity contribution in [2.45, 2.75) is 58.5 Å². The number of nitrogens with zero attached hydrogens (tertiary/aromatic N) is 2. The third-order valence-corrected chi connectivity index (χ3v) is 3.94. The number of nitro benzene ring substituents is 1. The standard InChI is InChI=1S/C18H26N4O6S/c1-17(2,3)27-15(23)20-14(19)21(16(24)28-18(4,5)6)29-11-12-7-9-13(10-8-12)22(25)26/h7-10H,11H2,1-6H3,(H2,19,20,23). The maximum atomic E-state index is 12.5. The molecule has 0 aromatic heterocycles. The predicted octanol–water partition coefficient (Wildman–Crippen LogP) is 4.44. The zero-order valence-electron chi connectivity index (χ0n) is 17.3. The van der Waals surface area contributed by atoms with E-state index in [1.165, 1.54) is 12.1 Å². The number of non-ortho nitro benzene ring substituents is 1. The summed E-state index contributed by atoms with van der Waals surface area (Å²) in [6.07, 6.45) is -1.72. The minimum atomic E-state index is -0.882. The Kier molecular flexibility index (Phi) is 8.01. The molecule has 0 saturated heterocycles. The molecule has 10 nitrogen and oxygen atoms in total. The summed E-state index contributed by atoms with van der Waals surface area (Å²) in [5.74, 6) is -0.323. The van der Waals surface area contributed by atoms with Crippen molar-refractivity contribution in [2.24, 2.45) is 0 Å². The molecule has 0 aliphatic carbocycles. The number of carbonyl (C=O) groups excluding carboxylic acids is 2. The van der Waals surface area contributed by atoms with Crippen LogP contribution in [0.3, 0.4) is 0 Å². The molecule has 2 amide bonds. The third-order valence-electron chi connectivity index (χ3n) is 2.89. The molecule has 0 bridgehead atoms. The second kappa shape index (κ2) is 9.59. The summed E-state index contributed by atoms with van der Waals surface area (Å²) in [5, 5.41) is 21.0. The van der Waals surface area contributed by atoms with E-state index in [0.717, 1.165) is 16.3 Å². The molecule has 0 heterocycles. The van der Waals surface area contributed by atoms with Gasteiger partial charge in [0.2, 0.25) is 5.96 Å². The number of alkyl carbamates (subject to hydrolysis) is 1. The summed E-state index contributed by atoms with van der Waals surface area (Å²) in [4.78, 5) is 34.7. The van der Waals surface area contributed by atoms with Gasteiger partial charge in [-0.15, -0.1) is 0 Å². The van der Waals surface area contributed by atoms with Crippen LogP contribution in [0.15, 0.2) is 24.3 Å². The molecule has 1 aromatic rings. The lowest BCUT2D eigenvalue weighted by Gasteiger charge is -2.27. The number of amides is 2. The average Bonchev–Trinajstić information content (AvgIpc) is 2.51. The van der Waals surface area contributed by atoms with Crippen molar-refractivity contribution in [2.75, 3.05) is 0 Å². The van der Waals surface area contributed by atoms with E-state index >= 15 is 0 Å². The number of nitro groups is 1. The Hall–Kier alpha value is -2.82. The first-order chi connectivity index (χ1) is 13.2. The lowest BCUT2D eigenvalue weighted by molar-refractivity contribution is -0.384. The summed E-state index contributed by atoms with van der Waals surface area (Å²) in [7, 11) is 0. The first kappa shape index (κ1) is 24.2. The fraction of sp³-hybridized carbons (Fsp3) is 0.500. The molecule has 0 radical (unpaired) electrons. The molecule has 29 heavy (non-hydrogen) atoms. The van der Waals surface area contributed by atoms with E-state index < -0.39 is 34.3 Å². The Bertz CT molecular complexity index is 768. The molecule has 2 N–H and O–H groups in total. The summed E-state index contributed by atoms with van der Waals surface area (Å²) < 4.78 is 11.3. The monoisotopic (exact) mass is 426 g/mol. The van der Waals surface area contributed by atoms with Crippen LogP contribution in [0.4, 0.5) is 15.3 Å². The normalized spacial score (nSPS) is 11.4. The van der Waals surface area contributed by atoms with Gasteiger partial charge in [-0.1, -0.05) is 12.1 Å². The molecule has 0 unspecified atom stereocenters. The van der Waals surface area contributed by atoms with E-state index in [0.29, 0.717) is 5.56 Å². The first-order valence-corrected chi connectivity index (χ1v) is 9.60. The van der Waals surface area contributed by atoms with Gasteiger partial charge in [-0.2, -0.15) is 4.31 Å². The van der Waals surface area contributed by atoms with Crippen LogP contribution < -0.4 is 5.32 Å². The van der Waals surface area contributed by atoms with Gasteiger partial charge in [-0.25, -0.2) is 9.59 Å². The Balaban J connectivity index is 2.90. The van der Waals surface area contributed by atoms with Crippen molar-refractivity contribution >= 4 is 35.8 Å². The molecular formula is C18H26N4O6S. The summed E-state index contributed by atoms with van der Waals surface area (Å²) in [6, 6.07) is 5.78. The molecule has 0 fully saturated rings. The van der Waals surface area contributed by atoms with Gasteiger partial charge in [0, 0.05) is 17.9 Å². The molecule has 1 rings (SSSR count). The second-order valence-corrected chi connectivity index (χ2v) is 8.86. The lowest BCUT2D eigenvalue weighted by atomic mass is 10.2. The molecule has 0 saturated carbocycles. The van der Waals surface area contributed by atoms with Crippen LogP contribution in [0, 0.1) is 15.5 Å². The van der Waals surface area contributed by atoms with Crippen LogP contribution >= 0.6 is 11.9 Å². The van der Waals surface area contributed by atoms with Crippen molar-refractivity contribution in [1.82, 2.24) is 9.62 Å². The summed E-state index contributed by atoms with van der Waals surface area (Å²) in [5.41, 5.74) is -0.955. The highest BCUT2D eigenvalue weighted by molar-refractivity contribution is 7.97. The van der Waals surface area contributed by atoms with Gasteiger partial charge in [0.05, 0.1) is 4.92 Å². The molecule has 0 aliphatic heterocycles. The van der Waals surface area contributed by atoms with Gasteiger partial charge in [0.1, 0.15) is 11.2 Å². The fourth-order valence-electron chi connectivity index (χ4n) is 1.82. The van der Waals surface area contributed by atoms with E-state index in [1.807, 2.05) is 0 Å². The quantitative estimate of drug-likeness (QED) is 0.239. The van der Waals surface area contributed by atoms with Crippen LogP contribution in [0.5, 0.6) is 0 Å². The van der Waals surface area contributed by atoms with E-state index in [2.05, 4.69) is 5.32 Å². The number of benzene rings is 1. The molecule has 0 aliphatic rings. The number of ether oxygens (including phenoxy) is 2. The Labute approximate surface area is 173 Å². The van der Waals surface area contributed by atoms with Crippen LogP contribution in [0.2, 0.25) is 0 Å². The maximum Gasteiger partial charge on any atom is 0.427 e. The molecule has 1 aromatic carbocycles. The van der Waals surface area contributed by atoms with Gasteiger partial charge >= 0.3 is 12.2 Å². The van der Waals surface area contributed by atoms with Gasteiger partial charge in [-0.3, -0.25) is 20.8 Å². The van der Waals surface area contributed by atoms with E-state index in [4.69, 9.17) is 14.9 Å². The predicted molar refractivity (Wildman–Crippen MR) is 110 cm³/mol. The smallest absolute Gasteiger partial charge is 0.427 e. The molecule has 11 heteroatoms. The number of nitrogens with one attached hydrogen (secondary N) is 2. The van der Waals surface area contributed by atoms with E-state index in [9.17, 15) is 19.7 Å². The zero-order valence-corrected chi connectivity index (χ0v) is 18.1. The SMILES string of the molecule is CC(C)(C)OC(=O)NC(=N)N(SCc1ccc([N+](=O)[O-])cc1)C(=O)OC(C)(C)C. The highest BCUT2D eigenvalue weighted by atomic mass is 32.2. The first-order valence-electron chi connectivity index (χ1n) is 8.66.